The van der Waals surface area contributed by atoms with E-state index in [-0.39, 0.29) is 24.3 Å². The van der Waals surface area contributed by atoms with Crippen molar-refractivity contribution in [2.45, 2.75) is 32.9 Å². The Labute approximate surface area is 166 Å². The van der Waals surface area contributed by atoms with Gasteiger partial charge < -0.3 is 14.5 Å². The highest BCUT2D eigenvalue weighted by Gasteiger charge is 2.29. The SMILES string of the molecule is COc1ccc(C)cc1CN(C)C(=O)CC1c2ccccc2C=CN1C(C)=O. The van der Waals surface area contributed by atoms with Crippen molar-refractivity contribution in [3.05, 3.63) is 70.9 Å². The van der Waals surface area contributed by atoms with Gasteiger partial charge in [0.15, 0.2) is 0 Å². The van der Waals surface area contributed by atoms with Gasteiger partial charge in [0, 0.05) is 32.3 Å². The fraction of sp³-hybridized carbons (Fsp3) is 0.304. The Balaban J connectivity index is 1.80. The molecule has 2 amide bonds. The van der Waals surface area contributed by atoms with Gasteiger partial charge in [0.05, 0.1) is 19.6 Å². The van der Waals surface area contributed by atoms with Gasteiger partial charge in [-0.2, -0.15) is 0 Å². The van der Waals surface area contributed by atoms with Gasteiger partial charge in [0.2, 0.25) is 11.8 Å². The minimum absolute atomic E-state index is 0.0232. The van der Waals surface area contributed by atoms with Crippen LogP contribution in [0.5, 0.6) is 5.75 Å². The summed E-state index contributed by atoms with van der Waals surface area (Å²) in [4.78, 5) is 28.4. The number of hydrogen-bond donors (Lipinski definition) is 0. The Kier molecular flexibility index (Phi) is 5.83. The Morgan fingerprint density at radius 1 is 1.18 bits per heavy atom. The molecular formula is C23H26N2O3. The first-order valence-corrected chi connectivity index (χ1v) is 9.34. The standard InChI is InChI=1S/C23H26N2O3/c1-16-9-10-22(28-4)19(13-16)15-24(3)23(27)14-21-20-8-6-5-7-18(20)11-12-25(21)17(2)26/h5-13,21H,14-15H2,1-4H3. The molecule has 0 aromatic heterocycles. The number of methoxy groups -OCH3 is 1. The Morgan fingerprint density at radius 3 is 2.64 bits per heavy atom. The van der Waals surface area contributed by atoms with Crippen LogP contribution < -0.4 is 4.74 Å². The van der Waals surface area contributed by atoms with Gasteiger partial charge in [0.25, 0.3) is 0 Å². The first kappa shape index (κ1) is 19.7. The number of carbonyl (C=O) groups excluding carboxylic acids is 2. The van der Waals surface area contributed by atoms with E-state index in [9.17, 15) is 9.59 Å². The summed E-state index contributed by atoms with van der Waals surface area (Å²) in [7, 11) is 3.42. The maximum atomic E-state index is 13.0. The molecule has 2 aromatic rings. The third-order valence-corrected chi connectivity index (χ3v) is 5.11. The van der Waals surface area contributed by atoms with Crippen molar-refractivity contribution >= 4 is 17.9 Å². The highest BCUT2D eigenvalue weighted by atomic mass is 16.5. The van der Waals surface area contributed by atoms with Crippen molar-refractivity contribution in [3.8, 4) is 5.75 Å². The maximum absolute atomic E-state index is 13.0. The maximum Gasteiger partial charge on any atom is 0.225 e. The lowest BCUT2D eigenvalue weighted by Crippen LogP contribution is -2.35. The molecule has 1 atom stereocenters. The molecule has 0 N–H and O–H groups in total. The summed E-state index contributed by atoms with van der Waals surface area (Å²) < 4.78 is 5.43. The van der Waals surface area contributed by atoms with Crippen molar-refractivity contribution in [2.24, 2.45) is 0 Å². The third-order valence-electron chi connectivity index (χ3n) is 5.11. The number of aryl methyl sites for hydroxylation is 1. The molecule has 3 rings (SSSR count). The first-order chi connectivity index (χ1) is 13.4. The van der Waals surface area contributed by atoms with Crippen molar-refractivity contribution in [3.63, 3.8) is 0 Å². The van der Waals surface area contributed by atoms with E-state index in [4.69, 9.17) is 4.74 Å². The fourth-order valence-corrected chi connectivity index (χ4v) is 3.61. The van der Waals surface area contributed by atoms with Crippen LogP contribution in [0.3, 0.4) is 0 Å². The average Bonchev–Trinajstić information content (AvgIpc) is 2.68. The molecule has 1 heterocycles. The van der Waals surface area contributed by atoms with Gasteiger partial charge in [-0.25, -0.2) is 0 Å². The fourth-order valence-electron chi connectivity index (χ4n) is 3.61. The largest absolute Gasteiger partial charge is 0.496 e. The summed E-state index contributed by atoms with van der Waals surface area (Å²) in [5.41, 5.74) is 4.12. The highest BCUT2D eigenvalue weighted by Crippen LogP contribution is 2.33. The average molecular weight is 378 g/mol. The van der Waals surface area contributed by atoms with E-state index < -0.39 is 0 Å². The van der Waals surface area contributed by atoms with Gasteiger partial charge in [-0.15, -0.1) is 0 Å². The van der Waals surface area contributed by atoms with Gasteiger partial charge in [-0.1, -0.05) is 42.0 Å². The van der Waals surface area contributed by atoms with Crippen LogP contribution in [0.4, 0.5) is 0 Å². The van der Waals surface area contributed by atoms with Crippen molar-refractivity contribution < 1.29 is 14.3 Å². The molecular weight excluding hydrogens is 352 g/mol. The zero-order chi connectivity index (χ0) is 20.3. The molecule has 1 aliphatic rings. The summed E-state index contributed by atoms with van der Waals surface area (Å²) in [5.74, 6) is 0.665. The Bertz CT molecular complexity index is 920. The predicted octanol–water partition coefficient (Wildman–Crippen LogP) is 3.93. The molecule has 146 valence electrons. The molecule has 0 saturated carbocycles. The number of fused-ring (bicyclic) bond motifs is 1. The van der Waals surface area contributed by atoms with Crippen LogP contribution in [0.2, 0.25) is 0 Å². The van der Waals surface area contributed by atoms with E-state index in [2.05, 4.69) is 0 Å². The smallest absolute Gasteiger partial charge is 0.225 e. The predicted molar refractivity (Wildman–Crippen MR) is 110 cm³/mol. The van der Waals surface area contributed by atoms with Crippen LogP contribution >= 0.6 is 0 Å². The van der Waals surface area contributed by atoms with Crippen LogP contribution in [-0.4, -0.2) is 35.8 Å². The Hall–Kier alpha value is -3.08. The van der Waals surface area contributed by atoms with E-state index in [1.165, 1.54) is 6.92 Å². The van der Waals surface area contributed by atoms with E-state index in [1.807, 2.05) is 55.5 Å². The molecule has 5 nitrogen and oxygen atoms in total. The van der Waals surface area contributed by atoms with Crippen LogP contribution in [-0.2, 0) is 16.1 Å². The van der Waals surface area contributed by atoms with Gasteiger partial charge in [-0.05, 0) is 30.2 Å². The van der Waals surface area contributed by atoms with Crippen molar-refractivity contribution in [2.75, 3.05) is 14.2 Å². The molecule has 0 spiro atoms. The van der Waals surface area contributed by atoms with Crippen LogP contribution in [0.25, 0.3) is 6.08 Å². The van der Waals surface area contributed by atoms with Crippen molar-refractivity contribution in [1.29, 1.82) is 0 Å². The van der Waals surface area contributed by atoms with Gasteiger partial charge in [-0.3, -0.25) is 9.59 Å². The molecule has 5 heteroatoms. The molecule has 0 radical (unpaired) electrons. The minimum Gasteiger partial charge on any atom is -0.496 e. The lowest BCUT2D eigenvalue weighted by molar-refractivity contribution is -0.134. The monoisotopic (exact) mass is 378 g/mol. The zero-order valence-electron chi connectivity index (χ0n) is 16.8. The summed E-state index contributed by atoms with van der Waals surface area (Å²) >= 11 is 0. The second-order valence-electron chi connectivity index (χ2n) is 7.16. The molecule has 28 heavy (non-hydrogen) atoms. The molecule has 2 aromatic carbocycles. The number of carbonyl (C=O) groups is 2. The zero-order valence-corrected chi connectivity index (χ0v) is 16.8. The topological polar surface area (TPSA) is 49.9 Å². The van der Waals surface area contributed by atoms with Gasteiger partial charge in [0.1, 0.15) is 5.75 Å². The molecule has 0 saturated heterocycles. The second kappa shape index (κ2) is 8.30. The highest BCUT2D eigenvalue weighted by molar-refractivity contribution is 5.81. The summed E-state index contributed by atoms with van der Waals surface area (Å²) in [6.45, 7) is 3.99. The number of rotatable bonds is 5. The van der Waals surface area contributed by atoms with Gasteiger partial charge >= 0.3 is 0 Å². The number of amides is 2. The minimum atomic E-state index is -0.298. The second-order valence-corrected chi connectivity index (χ2v) is 7.16. The molecule has 0 fully saturated rings. The van der Waals surface area contributed by atoms with Crippen LogP contribution in [0.1, 0.15) is 41.6 Å². The third kappa shape index (κ3) is 4.09. The van der Waals surface area contributed by atoms with Crippen LogP contribution in [0, 0.1) is 6.92 Å². The number of hydrogen-bond acceptors (Lipinski definition) is 3. The molecule has 0 bridgehead atoms. The van der Waals surface area contributed by atoms with E-state index in [0.29, 0.717) is 6.54 Å². The lowest BCUT2D eigenvalue weighted by atomic mass is 9.93. The first-order valence-electron chi connectivity index (χ1n) is 9.34. The number of ether oxygens (including phenoxy) is 1. The number of nitrogens with zero attached hydrogens (tertiary/aromatic N) is 2. The van der Waals surface area contributed by atoms with E-state index in [0.717, 1.165) is 28.0 Å². The van der Waals surface area contributed by atoms with E-state index in [1.54, 1.807) is 30.2 Å². The summed E-state index contributed by atoms with van der Waals surface area (Å²) in [6, 6.07) is 13.5. The molecule has 1 unspecified atom stereocenters. The van der Waals surface area contributed by atoms with Crippen molar-refractivity contribution in [1.82, 2.24) is 9.80 Å². The molecule has 0 aliphatic carbocycles. The normalized spacial score (nSPS) is 15.1. The quantitative estimate of drug-likeness (QED) is 0.792. The summed E-state index contributed by atoms with van der Waals surface area (Å²) in [5, 5.41) is 0. The lowest BCUT2D eigenvalue weighted by Gasteiger charge is -2.33. The number of benzene rings is 2. The van der Waals surface area contributed by atoms with E-state index >= 15 is 0 Å². The summed E-state index contributed by atoms with van der Waals surface area (Å²) in [6.07, 6.45) is 3.91. The van der Waals surface area contributed by atoms with Crippen LogP contribution in [0.15, 0.2) is 48.7 Å². The molecule has 1 aliphatic heterocycles. The Morgan fingerprint density at radius 2 is 1.93 bits per heavy atom.